The molecule has 26 heavy (non-hydrogen) atoms. The number of para-hydroxylation sites is 1. The summed E-state index contributed by atoms with van der Waals surface area (Å²) in [4.78, 5) is 24.0. The van der Waals surface area contributed by atoms with E-state index in [1.807, 2.05) is 43.3 Å². The van der Waals surface area contributed by atoms with Gasteiger partial charge in [0.05, 0.1) is 0 Å². The van der Waals surface area contributed by atoms with Crippen LogP contribution in [0.15, 0.2) is 60.8 Å². The van der Waals surface area contributed by atoms with Crippen LogP contribution in [0.5, 0.6) is 0 Å². The van der Waals surface area contributed by atoms with Crippen molar-refractivity contribution >= 4 is 22.6 Å². The van der Waals surface area contributed by atoms with Gasteiger partial charge in [-0.1, -0.05) is 48.0 Å². The quantitative estimate of drug-likeness (QED) is 0.492. The predicted octanol–water partition coefficient (Wildman–Crippen LogP) is 4.12. The van der Waals surface area contributed by atoms with Crippen molar-refractivity contribution in [1.29, 1.82) is 0 Å². The molecule has 4 nitrogen and oxygen atoms in total. The van der Waals surface area contributed by atoms with Gasteiger partial charge in [-0.15, -0.1) is 0 Å². The molecule has 0 aliphatic rings. The first kappa shape index (κ1) is 17.9. The van der Waals surface area contributed by atoms with Crippen LogP contribution in [0.1, 0.15) is 35.2 Å². The molecule has 3 aromatic rings. The molecule has 2 aromatic carbocycles. The highest BCUT2D eigenvalue weighted by Crippen LogP contribution is 2.15. The third kappa shape index (κ3) is 4.60. The van der Waals surface area contributed by atoms with Crippen LogP contribution in [0.4, 0.5) is 0 Å². The molecule has 0 unspecified atom stereocenters. The topological polar surface area (TPSA) is 51.1 Å². The fourth-order valence-corrected chi connectivity index (χ4v) is 3.01. The van der Waals surface area contributed by atoms with Crippen molar-refractivity contribution in [3.8, 4) is 0 Å². The zero-order valence-corrected chi connectivity index (χ0v) is 15.1. The van der Waals surface area contributed by atoms with Crippen molar-refractivity contribution in [2.75, 3.05) is 6.54 Å². The molecule has 1 aromatic heterocycles. The number of Topliss-reactive ketones (excluding diaryl/α,β-unsaturated/α-hetero) is 1. The molecule has 0 spiro atoms. The van der Waals surface area contributed by atoms with E-state index in [1.165, 1.54) is 10.9 Å². The summed E-state index contributed by atoms with van der Waals surface area (Å²) in [6, 6.07) is 17.8. The summed E-state index contributed by atoms with van der Waals surface area (Å²) in [7, 11) is 0. The fraction of sp³-hybridized carbons (Fsp3) is 0.273. The van der Waals surface area contributed by atoms with Gasteiger partial charge in [0.15, 0.2) is 5.78 Å². The highest BCUT2D eigenvalue weighted by atomic mass is 16.2. The summed E-state index contributed by atoms with van der Waals surface area (Å²) in [5.41, 5.74) is 3.00. The number of hydrogen-bond acceptors (Lipinski definition) is 2. The van der Waals surface area contributed by atoms with Gasteiger partial charge >= 0.3 is 0 Å². The lowest BCUT2D eigenvalue weighted by atomic mass is 10.1. The molecule has 134 valence electrons. The zero-order chi connectivity index (χ0) is 18.4. The summed E-state index contributed by atoms with van der Waals surface area (Å²) in [6.07, 6.45) is 3.42. The van der Waals surface area contributed by atoms with Gasteiger partial charge in [-0.25, -0.2) is 0 Å². The summed E-state index contributed by atoms with van der Waals surface area (Å²) in [5.74, 6) is -0.0539. The third-order valence-corrected chi connectivity index (χ3v) is 4.53. The van der Waals surface area contributed by atoms with Gasteiger partial charge in [0.1, 0.15) is 0 Å². The van der Waals surface area contributed by atoms with E-state index >= 15 is 0 Å². The van der Waals surface area contributed by atoms with Crippen molar-refractivity contribution in [2.45, 2.75) is 32.7 Å². The van der Waals surface area contributed by atoms with E-state index in [-0.39, 0.29) is 24.5 Å². The standard InChI is InChI=1S/C22H24N2O2/c1-17-7-9-19(10-8-17)21(25)11-12-22(26)23-14-4-15-24-16-13-18-5-2-3-6-20(18)24/h2-3,5-10,13,16H,4,11-12,14-15H2,1H3,(H,23,26). The first-order valence-electron chi connectivity index (χ1n) is 9.04. The van der Waals surface area contributed by atoms with Crippen molar-refractivity contribution in [3.63, 3.8) is 0 Å². The van der Waals surface area contributed by atoms with Crippen LogP contribution in [0.3, 0.4) is 0 Å². The Balaban J connectivity index is 1.38. The molecular weight excluding hydrogens is 324 g/mol. The van der Waals surface area contributed by atoms with Gasteiger partial charge in [0.25, 0.3) is 0 Å². The fourth-order valence-electron chi connectivity index (χ4n) is 3.01. The molecule has 0 saturated carbocycles. The summed E-state index contributed by atoms with van der Waals surface area (Å²) >= 11 is 0. The second kappa shape index (κ2) is 8.48. The number of aromatic nitrogens is 1. The number of rotatable bonds is 8. The molecule has 0 bridgehead atoms. The lowest BCUT2D eigenvalue weighted by molar-refractivity contribution is -0.121. The summed E-state index contributed by atoms with van der Waals surface area (Å²) in [6.45, 7) is 3.46. The van der Waals surface area contributed by atoms with E-state index in [2.05, 4.69) is 34.3 Å². The SMILES string of the molecule is Cc1ccc(C(=O)CCC(=O)NCCCn2ccc3ccccc32)cc1. The first-order chi connectivity index (χ1) is 12.6. The van der Waals surface area contributed by atoms with E-state index in [0.29, 0.717) is 12.1 Å². The molecule has 3 rings (SSSR count). The van der Waals surface area contributed by atoms with Crippen molar-refractivity contribution in [1.82, 2.24) is 9.88 Å². The van der Waals surface area contributed by atoms with Crippen molar-refractivity contribution in [2.24, 2.45) is 0 Å². The smallest absolute Gasteiger partial charge is 0.220 e. The molecule has 0 saturated heterocycles. The Labute approximate surface area is 153 Å². The van der Waals surface area contributed by atoms with E-state index in [9.17, 15) is 9.59 Å². The Morgan fingerprint density at radius 2 is 1.73 bits per heavy atom. The monoisotopic (exact) mass is 348 g/mol. The number of fused-ring (bicyclic) bond motifs is 1. The molecule has 0 aliphatic heterocycles. The molecular formula is C22H24N2O2. The molecule has 4 heteroatoms. The second-order valence-electron chi connectivity index (χ2n) is 6.56. The van der Waals surface area contributed by atoms with Crippen LogP contribution in [0.25, 0.3) is 10.9 Å². The largest absolute Gasteiger partial charge is 0.356 e. The molecule has 0 radical (unpaired) electrons. The highest BCUT2D eigenvalue weighted by Gasteiger charge is 2.09. The molecule has 0 fully saturated rings. The Morgan fingerprint density at radius 1 is 0.962 bits per heavy atom. The Kier molecular flexibility index (Phi) is 5.84. The van der Waals surface area contributed by atoms with E-state index in [4.69, 9.17) is 0 Å². The lowest BCUT2D eigenvalue weighted by Gasteiger charge is -2.07. The molecule has 0 atom stereocenters. The van der Waals surface area contributed by atoms with Crippen LogP contribution in [0, 0.1) is 6.92 Å². The average molecular weight is 348 g/mol. The molecule has 1 amide bonds. The van der Waals surface area contributed by atoms with Crippen LogP contribution in [-0.2, 0) is 11.3 Å². The van der Waals surface area contributed by atoms with Gasteiger partial charge < -0.3 is 9.88 Å². The maximum atomic E-state index is 12.1. The van der Waals surface area contributed by atoms with E-state index < -0.39 is 0 Å². The van der Waals surface area contributed by atoms with Crippen LogP contribution >= 0.6 is 0 Å². The summed E-state index contributed by atoms with van der Waals surface area (Å²) < 4.78 is 2.20. The maximum Gasteiger partial charge on any atom is 0.220 e. The van der Waals surface area contributed by atoms with Gasteiger partial charge in [-0.3, -0.25) is 9.59 Å². The van der Waals surface area contributed by atoms with Crippen LogP contribution in [-0.4, -0.2) is 22.8 Å². The Hall–Kier alpha value is -2.88. The second-order valence-corrected chi connectivity index (χ2v) is 6.56. The van der Waals surface area contributed by atoms with E-state index in [0.717, 1.165) is 18.5 Å². The van der Waals surface area contributed by atoms with E-state index in [1.54, 1.807) is 0 Å². The Bertz CT molecular complexity index is 894. The number of ketones is 1. The minimum Gasteiger partial charge on any atom is -0.356 e. The number of nitrogens with one attached hydrogen (secondary N) is 1. The van der Waals surface area contributed by atoms with Crippen molar-refractivity contribution in [3.05, 3.63) is 71.9 Å². The molecule has 1 N–H and O–H groups in total. The highest BCUT2D eigenvalue weighted by molar-refractivity contribution is 5.97. The van der Waals surface area contributed by atoms with Crippen LogP contribution in [0.2, 0.25) is 0 Å². The van der Waals surface area contributed by atoms with Crippen molar-refractivity contribution < 1.29 is 9.59 Å². The predicted molar refractivity (Wildman–Crippen MR) is 104 cm³/mol. The number of aryl methyl sites for hydroxylation is 2. The van der Waals surface area contributed by atoms with Gasteiger partial charge in [-0.2, -0.15) is 0 Å². The third-order valence-electron chi connectivity index (χ3n) is 4.53. The number of amides is 1. The number of benzene rings is 2. The first-order valence-corrected chi connectivity index (χ1v) is 9.04. The normalized spacial score (nSPS) is 10.8. The van der Waals surface area contributed by atoms with Crippen LogP contribution < -0.4 is 5.32 Å². The van der Waals surface area contributed by atoms with Gasteiger partial charge in [-0.05, 0) is 30.9 Å². The number of nitrogens with zero attached hydrogens (tertiary/aromatic N) is 1. The number of carbonyl (C=O) groups is 2. The Morgan fingerprint density at radius 3 is 2.54 bits per heavy atom. The number of hydrogen-bond donors (Lipinski definition) is 1. The molecule has 1 heterocycles. The minimum atomic E-state index is -0.0668. The van der Waals surface area contributed by atoms with Gasteiger partial charge in [0, 0.05) is 43.2 Å². The maximum absolute atomic E-state index is 12.1. The number of carbonyl (C=O) groups excluding carboxylic acids is 2. The summed E-state index contributed by atoms with van der Waals surface area (Å²) in [5, 5.41) is 4.13. The average Bonchev–Trinajstić information content (AvgIpc) is 3.07. The zero-order valence-electron chi connectivity index (χ0n) is 15.1. The lowest BCUT2D eigenvalue weighted by Crippen LogP contribution is -2.25. The minimum absolute atomic E-state index is 0.0129. The van der Waals surface area contributed by atoms with Gasteiger partial charge in [0.2, 0.25) is 5.91 Å². The molecule has 0 aliphatic carbocycles.